The van der Waals surface area contributed by atoms with Gasteiger partial charge in [0.2, 0.25) is 0 Å². The first-order chi connectivity index (χ1) is 16.0. The molecule has 1 aromatic carbocycles. The molecule has 2 N–H and O–H groups in total. The minimum atomic E-state index is 0.265. The molecule has 1 saturated heterocycles. The van der Waals surface area contributed by atoms with Crippen molar-refractivity contribution in [3.63, 3.8) is 0 Å². The van der Waals surface area contributed by atoms with Crippen LogP contribution in [0.5, 0.6) is 11.8 Å². The fraction of sp³-hybridized carbons (Fsp3) is 0.400. The topological polar surface area (TPSA) is 74.7 Å². The number of nitrogens with zero attached hydrogens (tertiary/aromatic N) is 4. The van der Waals surface area contributed by atoms with E-state index in [0.29, 0.717) is 29.2 Å². The van der Waals surface area contributed by atoms with Gasteiger partial charge in [-0.2, -0.15) is 9.97 Å². The third-order valence-corrected chi connectivity index (χ3v) is 6.59. The van der Waals surface area contributed by atoms with Crippen LogP contribution in [-0.4, -0.2) is 48.0 Å². The van der Waals surface area contributed by atoms with Crippen molar-refractivity contribution >= 4 is 35.1 Å². The summed E-state index contributed by atoms with van der Waals surface area (Å²) >= 11 is 6.70. The number of aromatic nitrogens is 2. The van der Waals surface area contributed by atoms with Gasteiger partial charge in [-0.1, -0.05) is 36.2 Å². The minimum absolute atomic E-state index is 0.265. The molecular formula is C25H29ClN6O. The van der Waals surface area contributed by atoms with Crippen LogP contribution in [0.3, 0.4) is 0 Å². The Morgan fingerprint density at radius 2 is 2.09 bits per heavy atom. The molecular weight excluding hydrogens is 436 g/mol. The third kappa shape index (κ3) is 4.75. The molecule has 1 fully saturated rings. The van der Waals surface area contributed by atoms with Crippen LogP contribution in [0.4, 0.5) is 11.6 Å². The predicted octanol–water partition coefficient (Wildman–Crippen LogP) is 4.84. The maximum Gasteiger partial charge on any atom is 0.325 e. The molecule has 0 radical (unpaired) electrons. The van der Waals surface area contributed by atoms with E-state index >= 15 is 0 Å². The number of aliphatic imine (C=N–C) groups is 1. The van der Waals surface area contributed by atoms with Crippen molar-refractivity contribution in [3.05, 3.63) is 51.6 Å². The Labute approximate surface area is 199 Å². The largest absolute Gasteiger partial charge is 0.423 e. The van der Waals surface area contributed by atoms with Crippen molar-refractivity contribution in [3.8, 4) is 11.8 Å². The second-order valence-electron chi connectivity index (χ2n) is 8.94. The SMILES string of the molecule is CCC1CN(c2cc(NC3=NCC(C)=C3)nc(Oc3ccc4c(c3Cl)C=C(C)C4)n2)CCN1. The van der Waals surface area contributed by atoms with Crippen molar-refractivity contribution in [2.75, 3.05) is 36.4 Å². The number of hydrogen-bond donors (Lipinski definition) is 2. The zero-order valence-corrected chi connectivity index (χ0v) is 20.0. The lowest BCUT2D eigenvalue weighted by Crippen LogP contribution is -2.50. The minimum Gasteiger partial charge on any atom is -0.423 e. The molecule has 172 valence electrons. The maximum atomic E-state index is 6.70. The summed E-state index contributed by atoms with van der Waals surface area (Å²) in [6.45, 7) is 9.75. The molecule has 3 aliphatic rings. The number of nitrogens with one attached hydrogen (secondary N) is 2. The molecule has 0 spiro atoms. The summed E-state index contributed by atoms with van der Waals surface area (Å²) < 4.78 is 6.16. The summed E-state index contributed by atoms with van der Waals surface area (Å²) in [7, 11) is 0. The Hall–Kier alpha value is -2.90. The van der Waals surface area contributed by atoms with Gasteiger partial charge in [-0.25, -0.2) is 0 Å². The van der Waals surface area contributed by atoms with Crippen molar-refractivity contribution < 1.29 is 4.74 Å². The Kier molecular flexibility index (Phi) is 6.08. The fourth-order valence-electron chi connectivity index (χ4n) is 4.43. The van der Waals surface area contributed by atoms with Crippen LogP contribution in [0.2, 0.25) is 5.02 Å². The molecule has 8 heteroatoms. The maximum absolute atomic E-state index is 6.70. The number of benzene rings is 1. The number of allylic oxidation sites excluding steroid dienone is 1. The molecule has 2 aromatic rings. The summed E-state index contributed by atoms with van der Waals surface area (Å²) in [6, 6.07) is 6.63. The van der Waals surface area contributed by atoms with E-state index in [1.54, 1.807) is 0 Å². The Morgan fingerprint density at radius 1 is 1.21 bits per heavy atom. The van der Waals surface area contributed by atoms with E-state index in [1.165, 1.54) is 16.7 Å². The van der Waals surface area contributed by atoms with Crippen molar-refractivity contribution in [2.45, 2.75) is 39.7 Å². The molecule has 1 atom stereocenters. The van der Waals surface area contributed by atoms with Crippen LogP contribution in [0, 0.1) is 0 Å². The Balaban J connectivity index is 1.47. The third-order valence-electron chi connectivity index (χ3n) is 6.20. The van der Waals surface area contributed by atoms with E-state index in [2.05, 4.69) is 58.4 Å². The summed E-state index contributed by atoms with van der Waals surface area (Å²) in [6.07, 6.45) is 6.14. The molecule has 1 unspecified atom stereocenters. The average molecular weight is 465 g/mol. The summed E-state index contributed by atoms with van der Waals surface area (Å²) in [5.74, 6) is 2.84. The average Bonchev–Trinajstić information content (AvgIpc) is 3.40. The summed E-state index contributed by atoms with van der Waals surface area (Å²) in [5, 5.41) is 7.47. The van der Waals surface area contributed by atoms with E-state index in [9.17, 15) is 0 Å². The van der Waals surface area contributed by atoms with E-state index in [4.69, 9.17) is 21.3 Å². The molecule has 2 aliphatic heterocycles. The van der Waals surface area contributed by atoms with Gasteiger partial charge in [0.15, 0.2) is 0 Å². The van der Waals surface area contributed by atoms with Crippen LogP contribution >= 0.6 is 11.6 Å². The molecule has 1 aromatic heterocycles. The second-order valence-corrected chi connectivity index (χ2v) is 9.31. The quantitative estimate of drug-likeness (QED) is 0.659. The van der Waals surface area contributed by atoms with Gasteiger partial charge in [0.05, 0.1) is 11.6 Å². The van der Waals surface area contributed by atoms with E-state index in [1.807, 2.05) is 18.2 Å². The highest BCUT2D eigenvalue weighted by Gasteiger charge is 2.22. The van der Waals surface area contributed by atoms with Gasteiger partial charge in [0, 0.05) is 37.3 Å². The molecule has 0 bridgehead atoms. The predicted molar refractivity (Wildman–Crippen MR) is 135 cm³/mol. The number of ether oxygens (including phenoxy) is 1. The second kappa shape index (κ2) is 9.15. The fourth-order valence-corrected chi connectivity index (χ4v) is 4.71. The molecule has 33 heavy (non-hydrogen) atoms. The number of hydrogen-bond acceptors (Lipinski definition) is 7. The summed E-state index contributed by atoms with van der Waals surface area (Å²) in [5.41, 5.74) is 4.74. The Morgan fingerprint density at radius 3 is 2.88 bits per heavy atom. The van der Waals surface area contributed by atoms with Crippen molar-refractivity contribution in [2.24, 2.45) is 4.99 Å². The van der Waals surface area contributed by atoms with Gasteiger partial charge >= 0.3 is 6.01 Å². The Bertz CT molecular complexity index is 1170. The first-order valence-electron chi connectivity index (χ1n) is 11.5. The van der Waals surface area contributed by atoms with Crippen LogP contribution < -0.4 is 20.3 Å². The highest BCUT2D eigenvalue weighted by molar-refractivity contribution is 6.33. The lowest BCUT2D eigenvalue weighted by atomic mass is 10.1. The van der Waals surface area contributed by atoms with Gasteiger partial charge < -0.3 is 20.3 Å². The van der Waals surface area contributed by atoms with Gasteiger partial charge in [0.1, 0.15) is 23.2 Å². The highest BCUT2D eigenvalue weighted by Crippen LogP contribution is 2.38. The number of anilines is 2. The van der Waals surface area contributed by atoms with E-state index in [-0.39, 0.29) is 6.01 Å². The van der Waals surface area contributed by atoms with Crippen molar-refractivity contribution in [1.29, 1.82) is 0 Å². The molecule has 0 saturated carbocycles. The lowest BCUT2D eigenvalue weighted by Gasteiger charge is -2.34. The molecule has 3 heterocycles. The molecule has 5 rings (SSSR count). The lowest BCUT2D eigenvalue weighted by molar-refractivity contribution is 0.430. The van der Waals surface area contributed by atoms with Gasteiger partial charge in [-0.05, 0) is 50.0 Å². The molecule has 0 amide bonds. The van der Waals surface area contributed by atoms with E-state index in [0.717, 1.165) is 49.7 Å². The number of rotatable bonds is 5. The monoisotopic (exact) mass is 464 g/mol. The molecule has 1 aliphatic carbocycles. The highest BCUT2D eigenvalue weighted by atomic mass is 35.5. The standard InChI is InChI=1S/C25H29ClN6O/c1-4-18-14-32(8-7-27-18)23-12-22(29-21-11-16(3)13-28-21)30-25(31-23)33-20-6-5-17-9-15(2)10-19(17)24(20)26/h5-6,10-12,18,27H,4,7-9,13-14H2,1-3H3,(H,28,29,30,31). The van der Waals surface area contributed by atoms with Crippen LogP contribution in [0.1, 0.15) is 38.3 Å². The van der Waals surface area contributed by atoms with Gasteiger partial charge in [-0.3, -0.25) is 4.99 Å². The molecule has 7 nitrogen and oxygen atoms in total. The van der Waals surface area contributed by atoms with Crippen molar-refractivity contribution in [1.82, 2.24) is 15.3 Å². The zero-order valence-electron chi connectivity index (χ0n) is 19.3. The first kappa shape index (κ1) is 21.9. The summed E-state index contributed by atoms with van der Waals surface area (Å²) in [4.78, 5) is 16.2. The van der Waals surface area contributed by atoms with Crippen LogP contribution in [0.25, 0.3) is 6.08 Å². The number of piperazine rings is 1. The van der Waals surface area contributed by atoms with Gasteiger partial charge in [0.25, 0.3) is 0 Å². The number of amidine groups is 1. The number of fused-ring (bicyclic) bond motifs is 1. The zero-order chi connectivity index (χ0) is 22.9. The van der Waals surface area contributed by atoms with Crippen LogP contribution in [0.15, 0.2) is 40.4 Å². The normalized spacial score (nSPS) is 19.7. The van der Waals surface area contributed by atoms with Crippen LogP contribution in [-0.2, 0) is 6.42 Å². The van der Waals surface area contributed by atoms with Gasteiger partial charge in [-0.15, -0.1) is 0 Å². The number of halogens is 1. The first-order valence-corrected chi connectivity index (χ1v) is 11.9. The van der Waals surface area contributed by atoms with E-state index < -0.39 is 0 Å². The smallest absolute Gasteiger partial charge is 0.325 e.